The van der Waals surface area contributed by atoms with Gasteiger partial charge in [-0.3, -0.25) is 4.98 Å². The smallest absolute Gasteiger partial charge is 0.408 e. The maximum absolute atomic E-state index is 10.9. The lowest BCUT2D eigenvalue weighted by Crippen LogP contribution is -1.93. The fraction of sp³-hybridized carbons (Fsp3) is 0.125. The number of hydrogen-bond donors (Lipinski definition) is 2. The Labute approximate surface area is 83.5 Å². The zero-order valence-corrected chi connectivity index (χ0v) is 7.64. The van der Waals surface area contributed by atoms with E-state index in [2.05, 4.69) is 15.5 Å². The normalized spacial score (nSPS) is 11.2. The van der Waals surface area contributed by atoms with E-state index in [4.69, 9.17) is 15.1 Å². The van der Waals surface area contributed by atoms with Crippen LogP contribution >= 0.6 is 0 Å². The Morgan fingerprint density at radius 3 is 3.20 bits per heavy atom. The highest BCUT2D eigenvalue weighted by Crippen LogP contribution is 2.12. The van der Waals surface area contributed by atoms with Crippen molar-refractivity contribution in [1.29, 1.82) is 0 Å². The van der Waals surface area contributed by atoms with E-state index in [1.54, 1.807) is 18.2 Å². The molecule has 0 radical (unpaired) electrons. The molecule has 7 heteroatoms. The first-order chi connectivity index (χ1) is 7.29. The van der Waals surface area contributed by atoms with Gasteiger partial charge in [0.2, 0.25) is 0 Å². The summed E-state index contributed by atoms with van der Waals surface area (Å²) < 4.78 is 4.83. The lowest BCUT2D eigenvalue weighted by atomic mass is 10.2. The van der Waals surface area contributed by atoms with Crippen molar-refractivity contribution in [2.45, 2.75) is 6.61 Å². The van der Waals surface area contributed by atoms with Gasteiger partial charge in [0.25, 0.3) is 0 Å². The first-order valence-electron chi connectivity index (χ1n) is 4.13. The molecule has 0 unspecified atom stereocenters. The number of nitrogens with two attached hydrogens (primary N) is 1. The molecular formula is C8H8N4O3. The maximum Gasteiger partial charge on any atom is 0.417 e. The molecule has 0 aliphatic carbocycles. The molecule has 1 aromatic carbocycles. The van der Waals surface area contributed by atoms with Crippen LogP contribution in [0.5, 0.6) is 0 Å². The first kappa shape index (κ1) is 9.25. The van der Waals surface area contributed by atoms with E-state index >= 15 is 0 Å². The molecule has 1 heterocycles. The third kappa shape index (κ3) is 1.96. The monoisotopic (exact) mass is 208 g/mol. The number of rotatable bonds is 3. The molecule has 7 nitrogen and oxygen atoms in total. The Balaban J connectivity index is 2.26. The molecule has 78 valence electrons. The van der Waals surface area contributed by atoms with Gasteiger partial charge in [-0.05, 0) is 22.9 Å². The van der Waals surface area contributed by atoms with Crippen molar-refractivity contribution in [3.05, 3.63) is 34.3 Å². The Bertz CT molecular complexity index is 542. The van der Waals surface area contributed by atoms with Crippen LogP contribution in [-0.2, 0) is 11.4 Å². The van der Waals surface area contributed by atoms with E-state index < -0.39 is 5.76 Å². The lowest BCUT2D eigenvalue weighted by Gasteiger charge is -1.97. The Kier molecular flexibility index (Phi) is 2.36. The average Bonchev–Trinajstić information content (AvgIpc) is 2.57. The first-order valence-corrected chi connectivity index (χ1v) is 4.13. The second kappa shape index (κ2) is 3.82. The summed E-state index contributed by atoms with van der Waals surface area (Å²) in [7, 11) is 0. The number of benzene rings is 1. The molecule has 0 bridgehead atoms. The minimum atomic E-state index is -0.482. The number of nitrogens with one attached hydrogen (secondary N) is 1. The third-order valence-electron chi connectivity index (χ3n) is 1.82. The maximum atomic E-state index is 10.9. The molecule has 0 saturated heterocycles. The van der Waals surface area contributed by atoms with Gasteiger partial charge in [-0.15, -0.1) is 0 Å². The minimum Gasteiger partial charge on any atom is -0.408 e. The molecule has 1 aromatic heterocycles. The van der Waals surface area contributed by atoms with Crippen LogP contribution in [-0.4, -0.2) is 4.98 Å². The summed E-state index contributed by atoms with van der Waals surface area (Å²) in [6.45, 7) is 0.226. The number of H-pyrrole nitrogens is 1. The topological polar surface area (TPSA) is 106 Å². The number of hydrogen-bond acceptors (Lipinski definition) is 5. The van der Waals surface area contributed by atoms with E-state index in [1.165, 1.54) is 0 Å². The molecule has 3 N–H and O–H groups in total. The van der Waals surface area contributed by atoms with Gasteiger partial charge >= 0.3 is 5.76 Å². The second-order valence-corrected chi connectivity index (χ2v) is 2.82. The zero-order chi connectivity index (χ0) is 10.7. The van der Waals surface area contributed by atoms with E-state index in [0.29, 0.717) is 11.1 Å². The van der Waals surface area contributed by atoms with Crippen molar-refractivity contribution in [1.82, 2.24) is 4.98 Å². The van der Waals surface area contributed by atoms with Crippen LogP contribution < -0.4 is 11.6 Å². The van der Waals surface area contributed by atoms with Crippen LogP contribution in [0.25, 0.3) is 11.1 Å². The third-order valence-corrected chi connectivity index (χ3v) is 1.82. The van der Waals surface area contributed by atoms with Gasteiger partial charge in [-0.2, -0.15) is 0 Å². The molecule has 0 saturated carbocycles. The van der Waals surface area contributed by atoms with Gasteiger partial charge in [0.15, 0.2) is 5.58 Å². The summed E-state index contributed by atoms with van der Waals surface area (Å²) in [6.07, 6.45) is 0. The summed E-state index contributed by atoms with van der Waals surface area (Å²) in [5.74, 6) is 4.28. The van der Waals surface area contributed by atoms with Crippen molar-refractivity contribution in [2.75, 3.05) is 0 Å². The number of oxazole rings is 1. The highest BCUT2D eigenvalue weighted by Gasteiger charge is 2.01. The predicted molar refractivity (Wildman–Crippen MR) is 50.7 cm³/mol. The van der Waals surface area contributed by atoms with E-state index in [9.17, 15) is 4.79 Å². The molecule has 0 aliphatic rings. The van der Waals surface area contributed by atoms with Crippen molar-refractivity contribution >= 4 is 11.1 Å². The highest BCUT2D eigenvalue weighted by atomic mass is 16.6. The molecule has 0 spiro atoms. The zero-order valence-electron chi connectivity index (χ0n) is 7.64. The second-order valence-electron chi connectivity index (χ2n) is 2.82. The summed E-state index contributed by atoms with van der Waals surface area (Å²) >= 11 is 0. The molecule has 0 amide bonds. The Hall–Kier alpha value is -2.31. The number of aromatic amines is 1. The van der Waals surface area contributed by atoms with Crippen molar-refractivity contribution in [3.8, 4) is 0 Å². The van der Waals surface area contributed by atoms with E-state index in [1.807, 2.05) is 0 Å². The number of aromatic nitrogens is 1. The van der Waals surface area contributed by atoms with Gasteiger partial charge in [-0.1, -0.05) is 6.07 Å². The molecule has 0 aliphatic heterocycles. The van der Waals surface area contributed by atoms with Crippen molar-refractivity contribution < 1.29 is 9.25 Å². The van der Waals surface area contributed by atoms with Gasteiger partial charge in [-0.25, -0.2) is 4.79 Å². The van der Waals surface area contributed by atoms with Gasteiger partial charge in [0.1, 0.15) is 6.61 Å². The van der Waals surface area contributed by atoms with E-state index in [0.717, 1.165) is 5.56 Å². The summed E-state index contributed by atoms with van der Waals surface area (Å²) in [5.41, 5.74) is 1.95. The lowest BCUT2D eigenvalue weighted by molar-refractivity contribution is 0.108. The summed E-state index contributed by atoms with van der Waals surface area (Å²) in [6, 6.07) is 5.16. The van der Waals surface area contributed by atoms with Gasteiger partial charge in [0.05, 0.1) is 5.52 Å². The predicted octanol–water partition coefficient (Wildman–Crippen LogP) is 0.879. The quantitative estimate of drug-likeness (QED) is 0.443. The number of fused-ring (bicyclic) bond motifs is 1. The average molecular weight is 208 g/mol. The fourth-order valence-corrected chi connectivity index (χ4v) is 1.23. The van der Waals surface area contributed by atoms with Crippen LogP contribution in [0.2, 0.25) is 0 Å². The van der Waals surface area contributed by atoms with Gasteiger partial charge < -0.3 is 15.1 Å². The molecule has 0 atom stereocenters. The SMILES string of the molecule is NN=NOCc1ccc2oc(=O)[nH]c2c1. The molecule has 2 aromatic rings. The molecular weight excluding hydrogens is 200 g/mol. The van der Waals surface area contributed by atoms with Crippen LogP contribution in [0.3, 0.4) is 0 Å². The standard InChI is InChI=1S/C8H8N4O3/c9-11-12-14-4-5-1-2-7-6(3-5)10-8(13)15-7/h1-3H,4H2,(H2,9,12)(H,10,13). The molecule has 0 fully saturated rings. The van der Waals surface area contributed by atoms with E-state index in [-0.39, 0.29) is 6.61 Å². The number of nitrogens with zero attached hydrogens (tertiary/aromatic N) is 2. The summed E-state index contributed by atoms with van der Waals surface area (Å²) in [5, 5.41) is 6.10. The van der Waals surface area contributed by atoms with Crippen LogP contribution in [0.15, 0.2) is 37.9 Å². The largest absolute Gasteiger partial charge is 0.417 e. The van der Waals surface area contributed by atoms with Crippen LogP contribution in [0.1, 0.15) is 5.56 Å². The molecule has 15 heavy (non-hydrogen) atoms. The molecule has 2 rings (SSSR count). The van der Waals surface area contributed by atoms with Crippen molar-refractivity contribution in [2.24, 2.45) is 16.3 Å². The van der Waals surface area contributed by atoms with Crippen molar-refractivity contribution in [3.63, 3.8) is 0 Å². The fourth-order valence-electron chi connectivity index (χ4n) is 1.23. The Morgan fingerprint density at radius 1 is 1.53 bits per heavy atom. The summed E-state index contributed by atoms with van der Waals surface area (Å²) in [4.78, 5) is 18.1. The Morgan fingerprint density at radius 2 is 2.40 bits per heavy atom. The highest BCUT2D eigenvalue weighted by molar-refractivity contribution is 5.72. The van der Waals surface area contributed by atoms with Crippen LogP contribution in [0, 0.1) is 0 Å². The minimum absolute atomic E-state index is 0.226. The van der Waals surface area contributed by atoms with Gasteiger partial charge in [0, 0.05) is 5.28 Å². The van der Waals surface area contributed by atoms with Crippen LogP contribution in [0.4, 0.5) is 0 Å².